The minimum atomic E-state index is -0.239. The maximum absolute atomic E-state index is 12.9. The van der Waals surface area contributed by atoms with Gasteiger partial charge < -0.3 is 4.90 Å². The molecule has 0 bridgehead atoms. The Hall–Kier alpha value is -1.34. The third-order valence-corrected chi connectivity index (χ3v) is 7.30. The summed E-state index contributed by atoms with van der Waals surface area (Å²) in [6.07, 6.45) is 4.58. The highest BCUT2D eigenvalue weighted by molar-refractivity contribution is 8.00. The van der Waals surface area contributed by atoms with Gasteiger partial charge in [-0.3, -0.25) is 14.2 Å². The van der Waals surface area contributed by atoms with Crippen molar-refractivity contribution in [3.8, 4) is 0 Å². The van der Waals surface area contributed by atoms with E-state index in [1.54, 1.807) is 15.9 Å². The molecule has 26 heavy (non-hydrogen) atoms. The summed E-state index contributed by atoms with van der Waals surface area (Å²) in [6, 6.07) is 0. The number of hydrogen-bond acceptors (Lipinski definition) is 5. The topological polar surface area (TPSA) is 55.2 Å². The Kier molecular flexibility index (Phi) is 6.07. The van der Waals surface area contributed by atoms with E-state index in [2.05, 4.69) is 0 Å². The fraction of sp³-hybridized carbons (Fsp3) is 0.632. The zero-order chi connectivity index (χ0) is 18.8. The van der Waals surface area contributed by atoms with Gasteiger partial charge in [0.1, 0.15) is 4.83 Å². The molecule has 1 amide bonds. The van der Waals surface area contributed by atoms with Gasteiger partial charge in [-0.25, -0.2) is 4.98 Å². The van der Waals surface area contributed by atoms with E-state index in [-0.39, 0.29) is 16.7 Å². The molecule has 1 unspecified atom stereocenters. The Morgan fingerprint density at radius 3 is 2.50 bits per heavy atom. The van der Waals surface area contributed by atoms with E-state index in [1.807, 2.05) is 32.6 Å². The Morgan fingerprint density at radius 1 is 1.23 bits per heavy atom. The fourth-order valence-corrected chi connectivity index (χ4v) is 5.56. The molecule has 0 spiro atoms. The Labute approximate surface area is 162 Å². The number of thiophene rings is 1. The van der Waals surface area contributed by atoms with E-state index in [0.29, 0.717) is 11.7 Å². The molecule has 3 rings (SSSR count). The van der Waals surface area contributed by atoms with E-state index in [0.717, 1.165) is 46.6 Å². The second-order valence-electron chi connectivity index (χ2n) is 6.91. The van der Waals surface area contributed by atoms with Crippen molar-refractivity contribution < 1.29 is 4.79 Å². The molecule has 5 nitrogen and oxygen atoms in total. The number of aryl methyl sites for hydroxylation is 2. The number of likely N-dealkylation sites (tertiary alicyclic amines) is 1. The molecule has 1 atom stereocenters. The number of fused-ring (bicyclic) bond motifs is 1. The molecule has 1 saturated heterocycles. The first-order chi connectivity index (χ1) is 12.4. The van der Waals surface area contributed by atoms with Gasteiger partial charge in [-0.1, -0.05) is 24.6 Å². The molecule has 7 heteroatoms. The lowest BCUT2D eigenvalue weighted by Gasteiger charge is -2.24. The van der Waals surface area contributed by atoms with Gasteiger partial charge in [0, 0.05) is 24.5 Å². The van der Waals surface area contributed by atoms with Crippen LogP contribution in [0.3, 0.4) is 0 Å². The highest BCUT2D eigenvalue weighted by Crippen LogP contribution is 2.30. The summed E-state index contributed by atoms with van der Waals surface area (Å²) in [6.45, 7) is 10.1. The number of amides is 1. The first kappa shape index (κ1) is 19.4. The van der Waals surface area contributed by atoms with E-state index in [9.17, 15) is 9.59 Å². The summed E-state index contributed by atoms with van der Waals surface area (Å²) in [5.41, 5.74) is 1.03. The van der Waals surface area contributed by atoms with Crippen molar-refractivity contribution in [3.05, 3.63) is 20.8 Å². The van der Waals surface area contributed by atoms with Crippen LogP contribution in [-0.4, -0.2) is 38.7 Å². The van der Waals surface area contributed by atoms with Gasteiger partial charge in [-0.2, -0.15) is 0 Å². The second kappa shape index (κ2) is 8.13. The number of rotatable bonds is 4. The Balaban J connectivity index is 1.90. The van der Waals surface area contributed by atoms with Gasteiger partial charge in [-0.05, 0) is 46.1 Å². The monoisotopic (exact) mass is 393 g/mol. The van der Waals surface area contributed by atoms with Gasteiger partial charge >= 0.3 is 0 Å². The van der Waals surface area contributed by atoms with Crippen molar-refractivity contribution in [2.75, 3.05) is 13.1 Å². The summed E-state index contributed by atoms with van der Waals surface area (Å²) in [7, 11) is 0. The maximum Gasteiger partial charge on any atom is 0.263 e. The normalized spacial score (nSPS) is 16.7. The molecular weight excluding hydrogens is 366 g/mol. The molecule has 1 aliphatic heterocycles. The van der Waals surface area contributed by atoms with Crippen LogP contribution in [0.4, 0.5) is 0 Å². The average Bonchev–Trinajstić information content (AvgIpc) is 2.81. The van der Waals surface area contributed by atoms with Gasteiger partial charge in [0.25, 0.3) is 5.56 Å². The van der Waals surface area contributed by atoms with Crippen LogP contribution in [0.5, 0.6) is 0 Å². The van der Waals surface area contributed by atoms with Crippen LogP contribution in [0, 0.1) is 13.8 Å². The predicted molar refractivity (Wildman–Crippen MR) is 109 cm³/mol. The zero-order valence-corrected chi connectivity index (χ0v) is 17.6. The molecule has 0 saturated carbocycles. The SMILES string of the molecule is CCn1c(SC(C)C(=O)N2CCCCCC2)nc2sc(C)c(C)c2c1=O. The fourth-order valence-electron chi connectivity index (χ4n) is 3.43. The van der Waals surface area contributed by atoms with Crippen molar-refractivity contribution in [2.45, 2.75) is 70.3 Å². The largest absolute Gasteiger partial charge is 0.342 e. The molecule has 0 radical (unpaired) electrons. The number of thioether (sulfide) groups is 1. The molecule has 0 aromatic carbocycles. The molecule has 1 fully saturated rings. The highest BCUT2D eigenvalue weighted by Gasteiger charge is 2.25. The lowest BCUT2D eigenvalue weighted by molar-refractivity contribution is -0.130. The Bertz CT molecular complexity index is 864. The molecule has 0 N–H and O–H groups in total. The van der Waals surface area contributed by atoms with Crippen molar-refractivity contribution in [2.24, 2.45) is 0 Å². The standard InChI is InChI=1S/C19H27N3O2S2/c1-5-22-18(24)15-12(2)13(3)25-16(15)20-19(22)26-14(4)17(23)21-10-8-6-7-9-11-21/h14H,5-11H2,1-4H3. The molecule has 3 heterocycles. The summed E-state index contributed by atoms with van der Waals surface area (Å²) in [5, 5.41) is 1.14. The molecule has 2 aromatic rings. The predicted octanol–water partition coefficient (Wildman–Crippen LogP) is 3.98. The van der Waals surface area contributed by atoms with Crippen molar-refractivity contribution in [1.29, 1.82) is 0 Å². The summed E-state index contributed by atoms with van der Waals surface area (Å²) >= 11 is 2.97. The number of nitrogens with zero attached hydrogens (tertiary/aromatic N) is 3. The highest BCUT2D eigenvalue weighted by atomic mass is 32.2. The molecule has 0 aliphatic carbocycles. The zero-order valence-electron chi connectivity index (χ0n) is 16.0. The number of aromatic nitrogens is 2. The van der Waals surface area contributed by atoms with Gasteiger partial charge in [0.15, 0.2) is 5.16 Å². The van der Waals surface area contributed by atoms with Crippen LogP contribution in [0.25, 0.3) is 10.2 Å². The van der Waals surface area contributed by atoms with Crippen LogP contribution in [0.15, 0.2) is 9.95 Å². The second-order valence-corrected chi connectivity index (χ2v) is 9.42. The van der Waals surface area contributed by atoms with Crippen LogP contribution in [0.2, 0.25) is 0 Å². The smallest absolute Gasteiger partial charge is 0.263 e. The van der Waals surface area contributed by atoms with Gasteiger partial charge in [0.05, 0.1) is 10.6 Å². The first-order valence-electron chi connectivity index (χ1n) is 9.40. The van der Waals surface area contributed by atoms with Crippen molar-refractivity contribution in [3.63, 3.8) is 0 Å². The third kappa shape index (κ3) is 3.69. The molecule has 2 aromatic heterocycles. The summed E-state index contributed by atoms with van der Waals surface area (Å²) in [5.74, 6) is 0.160. The van der Waals surface area contributed by atoms with Gasteiger partial charge in [0.2, 0.25) is 5.91 Å². The molecular formula is C19H27N3O2S2. The minimum absolute atomic E-state index is 0.0104. The number of carbonyl (C=O) groups is 1. The average molecular weight is 394 g/mol. The van der Waals surface area contributed by atoms with Crippen molar-refractivity contribution >= 4 is 39.2 Å². The lowest BCUT2D eigenvalue weighted by atomic mass is 10.2. The van der Waals surface area contributed by atoms with Gasteiger partial charge in [-0.15, -0.1) is 11.3 Å². The van der Waals surface area contributed by atoms with E-state index < -0.39 is 0 Å². The molecule has 142 valence electrons. The van der Waals surface area contributed by atoms with Crippen LogP contribution in [-0.2, 0) is 11.3 Å². The third-order valence-electron chi connectivity index (χ3n) is 5.12. The quantitative estimate of drug-likeness (QED) is 0.582. The maximum atomic E-state index is 12.9. The minimum Gasteiger partial charge on any atom is -0.342 e. The van der Waals surface area contributed by atoms with E-state index >= 15 is 0 Å². The van der Waals surface area contributed by atoms with Crippen LogP contribution >= 0.6 is 23.1 Å². The van der Waals surface area contributed by atoms with Crippen molar-refractivity contribution in [1.82, 2.24) is 14.5 Å². The summed E-state index contributed by atoms with van der Waals surface area (Å²) < 4.78 is 1.71. The Morgan fingerprint density at radius 2 is 1.88 bits per heavy atom. The number of carbonyl (C=O) groups excluding carboxylic acids is 1. The molecule has 1 aliphatic rings. The summed E-state index contributed by atoms with van der Waals surface area (Å²) in [4.78, 5) is 34.4. The number of hydrogen-bond donors (Lipinski definition) is 0. The van der Waals surface area contributed by atoms with E-state index in [4.69, 9.17) is 4.98 Å². The van der Waals surface area contributed by atoms with Crippen LogP contribution < -0.4 is 5.56 Å². The lowest BCUT2D eigenvalue weighted by Crippen LogP contribution is -2.37. The van der Waals surface area contributed by atoms with Crippen LogP contribution in [0.1, 0.15) is 50.0 Å². The first-order valence-corrected chi connectivity index (χ1v) is 11.1. The van der Waals surface area contributed by atoms with E-state index in [1.165, 1.54) is 24.6 Å².